The van der Waals surface area contributed by atoms with Crippen molar-refractivity contribution in [3.63, 3.8) is 0 Å². The second kappa shape index (κ2) is 7.86. The average molecular weight is 457 g/mol. The topological polar surface area (TPSA) is 26.3 Å². The summed E-state index contributed by atoms with van der Waals surface area (Å²) in [5.41, 5.74) is 2.16. The van der Waals surface area contributed by atoms with E-state index in [9.17, 15) is 4.79 Å². The fourth-order valence-electron chi connectivity index (χ4n) is 10.4. The molecule has 0 aromatic heterocycles. The second-order valence-electron chi connectivity index (χ2n) is 14.9. The summed E-state index contributed by atoms with van der Waals surface area (Å²) in [5, 5.41) is 0. The third-order valence-corrected chi connectivity index (χ3v) is 12.9. The fourth-order valence-corrected chi connectivity index (χ4v) is 10.4. The third-order valence-electron chi connectivity index (χ3n) is 12.9. The van der Waals surface area contributed by atoms with Crippen LogP contribution in [-0.2, 0) is 9.53 Å². The van der Waals surface area contributed by atoms with Crippen LogP contribution in [0, 0.1) is 50.2 Å². The lowest BCUT2D eigenvalue weighted by molar-refractivity contribution is -0.247. The molecule has 0 aromatic carbocycles. The van der Waals surface area contributed by atoms with Crippen LogP contribution in [0.3, 0.4) is 0 Å². The minimum Gasteiger partial charge on any atom is -0.469 e. The highest BCUT2D eigenvalue weighted by Crippen LogP contribution is 2.77. The van der Waals surface area contributed by atoms with Crippen molar-refractivity contribution in [2.45, 2.75) is 119 Å². The molecule has 33 heavy (non-hydrogen) atoms. The molecule has 2 nitrogen and oxygen atoms in total. The number of fused-ring (bicyclic) bond motifs is 5. The van der Waals surface area contributed by atoms with Crippen molar-refractivity contribution in [1.29, 1.82) is 0 Å². The van der Waals surface area contributed by atoms with Gasteiger partial charge in [0.2, 0.25) is 0 Å². The molecular weight excluding hydrogens is 404 g/mol. The first-order valence-corrected chi connectivity index (χ1v) is 13.9. The molecule has 0 bridgehead atoms. The first-order chi connectivity index (χ1) is 15.2. The van der Waals surface area contributed by atoms with Crippen LogP contribution < -0.4 is 0 Å². The molecule has 0 spiro atoms. The van der Waals surface area contributed by atoms with Gasteiger partial charge in [-0.1, -0.05) is 54.5 Å². The maximum Gasteiger partial charge on any atom is 0.305 e. The summed E-state index contributed by atoms with van der Waals surface area (Å²) in [6.45, 7) is 22.4. The third kappa shape index (κ3) is 3.58. The van der Waals surface area contributed by atoms with Gasteiger partial charge in [-0.25, -0.2) is 0 Å². The number of hydrogen-bond donors (Lipinski definition) is 0. The van der Waals surface area contributed by atoms with Gasteiger partial charge in [0, 0.05) is 6.42 Å². The molecule has 8 unspecified atom stereocenters. The molecule has 8 atom stereocenters. The van der Waals surface area contributed by atoms with Gasteiger partial charge < -0.3 is 4.74 Å². The van der Waals surface area contributed by atoms with Crippen molar-refractivity contribution < 1.29 is 9.53 Å². The number of carbonyl (C=O) groups excluding carboxylic acids is 1. The first kappa shape index (κ1) is 25.3. The summed E-state index contributed by atoms with van der Waals surface area (Å²) < 4.78 is 5.06. The van der Waals surface area contributed by atoms with Crippen molar-refractivity contribution >= 4 is 5.97 Å². The van der Waals surface area contributed by atoms with Gasteiger partial charge in [0.25, 0.3) is 0 Å². The monoisotopic (exact) mass is 456 g/mol. The molecule has 4 saturated carbocycles. The Balaban J connectivity index is 1.73. The number of rotatable bonds is 4. The Morgan fingerprint density at radius 2 is 1.48 bits per heavy atom. The van der Waals surface area contributed by atoms with Crippen LogP contribution in [0.2, 0.25) is 0 Å². The molecule has 0 radical (unpaired) electrons. The molecule has 2 heteroatoms. The standard InChI is InChI=1S/C31H52O2/c1-10-27(4)14-13-23-29(6,22(27)11-12-25(32)33-9)18-20-31(8)24-21-26(2,3)15-16-28(24,5)17-19-30(23,31)7/h10,22-24H,1,11-21H2,2-9H3. The van der Waals surface area contributed by atoms with E-state index in [-0.39, 0.29) is 16.8 Å². The van der Waals surface area contributed by atoms with Crippen LogP contribution in [-0.4, -0.2) is 13.1 Å². The molecule has 4 aliphatic rings. The number of carbonyl (C=O) groups is 1. The smallest absolute Gasteiger partial charge is 0.305 e. The lowest BCUT2D eigenvalue weighted by atomic mass is 9.31. The Kier molecular flexibility index (Phi) is 6.03. The molecule has 0 N–H and O–H groups in total. The number of esters is 1. The van der Waals surface area contributed by atoms with Crippen molar-refractivity contribution in [3.05, 3.63) is 12.7 Å². The SMILES string of the molecule is C=CC1(C)CCC2C(C)(CCC3(C)C4CC(C)(C)CCC4(C)CCC23C)C1CCC(=O)OC. The number of allylic oxidation sites excluding steroid dienone is 1. The van der Waals surface area contributed by atoms with E-state index in [1.54, 1.807) is 0 Å². The van der Waals surface area contributed by atoms with Gasteiger partial charge in [-0.2, -0.15) is 0 Å². The maximum atomic E-state index is 12.2. The number of hydrogen-bond acceptors (Lipinski definition) is 2. The summed E-state index contributed by atoms with van der Waals surface area (Å²) in [4.78, 5) is 12.2. The Hall–Kier alpha value is -0.790. The lowest BCUT2D eigenvalue weighted by Crippen LogP contribution is -2.66. The van der Waals surface area contributed by atoms with Crippen LogP contribution in [0.1, 0.15) is 119 Å². The van der Waals surface area contributed by atoms with Crippen LogP contribution >= 0.6 is 0 Å². The van der Waals surface area contributed by atoms with E-state index in [0.717, 1.165) is 18.3 Å². The minimum atomic E-state index is -0.0585. The highest BCUT2D eigenvalue weighted by molar-refractivity contribution is 5.69. The van der Waals surface area contributed by atoms with Gasteiger partial charge in [0.05, 0.1) is 7.11 Å². The largest absolute Gasteiger partial charge is 0.469 e. The lowest BCUT2D eigenvalue weighted by Gasteiger charge is -2.74. The molecule has 0 aliphatic heterocycles. The predicted molar refractivity (Wildman–Crippen MR) is 138 cm³/mol. The summed E-state index contributed by atoms with van der Waals surface area (Å²) in [7, 11) is 1.53. The van der Waals surface area contributed by atoms with Gasteiger partial charge >= 0.3 is 5.97 Å². The Labute approximate surface area is 204 Å². The molecule has 4 aliphatic carbocycles. The Bertz CT molecular complexity index is 799. The average Bonchev–Trinajstić information content (AvgIpc) is 2.76. The fraction of sp³-hybridized carbons (Fsp3) is 0.903. The van der Waals surface area contributed by atoms with Crippen molar-refractivity contribution in [2.75, 3.05) is 7.11 Å². The molecule has 188 valence electrons. The number of ether oxygens (including phenoxy) is 1. The Morgan fingerprint density at radius 1 is 0.879 bits per heavy atom. The summed E-state index contributed by atoms with van der Waals surface area (Å²) in [6.07, 6.45) is 15.8. The van der Waals surface area contributed by atoms with E-state index in [2.05, 4.69) is 61.1 Å². The molecule has 4 rings (SSSR count). The second-order valence-corrected chi connectivity index (χ2v) is 14.9. The van der Waals surface area contributed by atoms with E-state index in [1.807, 2.05) is 0 Å². The zero-order valence-electron chi connectivity index (χ0n) is 23.1. The van der Waals surface area contributed by atoms with Gasteiger partial charge in [-0.05, 0) is 114 Å². The highest BCUT2D eigenvalue weighted by Gasteiger charge is 2.69. The normalized spacial score (nSPS) is 51.0. The van der Waals surface area contributed by atoms with Gasteiger partial charge in [0.1, 0.15) is 0 Å². The van der Waals surface area contributed by atoms with Crippen molar-refractivity contribution in [2.24, 2.45) is 50.2 Å². The predicted octanol–water partition coefficient (Wildman–Crippen LogP) is 8.60. The molecule has 0 heterocycles. The van der Waals surface area contributed by atoms with Crippen molar-refractivity contribution in [1.82, 2.24) is 0 Å². The summed E-state index contributed by atoms with van der Waals surface area (Å²) in [6, 6.07) is 0. The molecule has 4 fully saturated rings. The zero-order chi connectivity index (χ0) is 24.5. The number of methoxy groups -OCH3 is 1. The van der Waals surface area contributed by atoms with Crippen molar-refractivity contribution in [3.8, 4) is 0 Å². The zero-order valence-corrected chi connectivity index (χ0v) is 23.1. The molecule has 0 aromatic rings. The Morgan fingerprint density at radius 3 is 2.12 bits per heavy atom. The van der Waals surface area contributed by atoms with Crippen LogP contribution in [0.4, 0.5) is 0 Å². The summed E-state index contributed by atoms with van der Waals surface area (Å²) >= 11 is 0. The molecule has 0 saturated heterocycles. The van der Waals surface area contributed by atoms with Gasteiger partial charge in [-0.3, -0.25) is 4.79 Å². The van der Waals surface area contributed by atoms with Gasteiger partial charge in [-0.15, -0.1) is 6.58 Å². The van der Waals surface area contributed by atoms with E-state index in [4.69, 9.17) is 4.74 Å². The van der Waals surface area contributed by atoms with Crippen LogP contribution in [0.5, 0.6) is 0 Å². The minimum absolute atomic E-state index is 0.0585. The van der Waals surface area contributed by atoms with Gasteiger partial charge in [0.15, 0.2) is 0 Å². The highest BCUT2D eigenvalue weighted by atomic mass is 16.5. The van der Waals surface area contributed by atoms with Crippen LogP contribution in [0.15, 0.2) is 12.7 Å². The summed E-state index contributed by atoms with van der Waals surface area (Å²) in [5.74, 6) is 2.00. The van der Waals surface area contributed by atoms with E-state index in [0.29, 0.717) is 34.0 Å². The van der Waals surface area contributed by atoms with E-state index >= 15 is 0 Å². The van der Waals surface area contributed by atoms with Crippen LogP contribution in [0.25, 0.3) is 0 Å². The van der Waals surface area contributed by atoms with E-state index < -0.39 is 0 Å². The molecule has 0 amide bonds. The first-order valence-electron chi connectivity index (χ1n) is 13.9. The quantitative estimate of drug-likeness (QED) is 0.313. The van der Waals surface area contributed by atoms with E-state index in [1.165, 1.54) is 64.9 Å². The molecular formula is C31H52O2. The maximum absolute atomic E-state index is 12.2.